The van der Waals surface area contributed by atoms with Crippen LogP contribution in [0.5, 0.6) is 5.88 Å². The molecule has 2 amide bonds. The largest absolute Gasteiger partial charge is 0.465 e. The number of halogens is 2. The van der Waals surface area contributed by atoms with Crippen molar-refractivity contribution in [2.45, 2.75) is 12.0 Å². The smallest absolute Gasteiger partial charge is 0.404 e. The summed E-state index contributed by atoms with van der Waals surface area (Å²) in [7, 11) is 0. The summed E-state index contributed by atoms with van der Waals surface area (Å²) in [6.07, 6.45) is 0.229. The molecular weight excluding hydrogens is 425 g/mol. The SMILES string of the molecule is NC(=O)c1cccc(F)c1-c1c(Cl)cnc2c1C[C@@](CNC(=O)O)(c1ccccc1)O2. The number of carbonyl (C=O) groups is 2. The molecular formula is C22H17ClFN3O4. The summed E-state index contributed by atoms with van der Waals surface area (Å²) in [5.74, 6) is -1.31. The molecule has 0 spiro atoms. The predicted octanol–water partition coefficient (Wildman–Crippen LogP) is 3.74. The van der Waals surface area contributed by atoms with Crippen LogP contribution in [0.25, 0.3) is 11.1 Å². The minimum Gasteiger partial charge on any atom is -0.465 e. The molecule has 1 atom stereocenters. The van der Waals surface area contributed by atoms with Crippen LogP contribution in [0.3, 0.4) is 0 Å². The molecule has 31 heavy (non-hydrogen) atoms. The lowest BCUT2D eigenvalue weighted by Crippen LogP contribution is -2.44. The van der Waals surface area contributed by atoms with Crippen molar-refractivity contribution in [3.05, 3.63) is 82.3 Å². The zero-order chi connectivity index (χ0) is 22.2. The van der Waals surface area contributed by atoms with E-state index in [1.165, 1.54) is 24.4 Å². The Hall–Kier alpha value is -3.65. The molecule has 0 fully saturated rings. The van der Waals surface area contributed by atoms with Gasteiger partial charge in [-0.15, -0.1) is 0 Å². The monoisotopic (exact) mass is 441 g/mol. The van der Waals surface area contributed by atoms with E-state index in [0.717, 1.165) is 0 Å². The van der Waals surface area contributed by atoms with Crippen molar-refractivity contribution in [3.63, 3.8) is 0 Å². The molecule has 0 saturated heterocycles. The number of nitrogens with two attached hydrogens (primary N) is 1. The number of nitrogens with zero attached hydrogens (tertiary/aromatic N) is 1. The van der Waals surface area contributed by atoms with Crippen LogP contribution in [-0.2, 0) is 12.0 Å². The fraction of sp³-hybridized carbons (Fsp3) is 0.136. The Morgan fingerprint density at radius 1 is 1.19 bits per heavy atom. The van der Waals surface area contributed by atoms with Crippen LogP contribution in [-0.4, -0.2) is 28.6 Å². The summed E-state index contributed by atoms with van der Waals surface area (Å²) in [4.78, 5) is 27.4. The molecule has 0 aliphatic carbocycles. The molecule has 1 aliphatic heterocycles. The van der Waals surface area contributed by atoms with Gasteiger partial charge in [0.2, 0.25) is 11.8 Å². The third-order valence-corrected chi connectivity index (χ3v) is 5.49. The van der Waals surface area contributed by atoms with Crippen molar-refractivity contribution in [2.24, 2.45) is 5.73 Å². The Morgan fingerprint density at radius 3 is 2.61 bits per heavy atom. The zero-order valence-corrected chi connectivity index (χ0v) is 16.8. The number of carbonyl (C=O) groups excluding carboxylic acids is 1. The van der Waals surface area contributed by atoms with E-state index in [4.69, 9.17) is 27.2 Å². The maximum absolute atomic E-state index is 14.9. The minimum atomic E-state index is -1.22. The van der Waals surface area contributed by atoms with Gasteiger partial charge in [-0.1, -0.05) is 48.0 Å². The van der Waals surface area contributed by atoms with E-state index >= 15 is 0 Å². The molecule has 0 radical (unpaired) electrons. The maximum Gasteiger partial charge on any atom is 0.404 e. The van der Waals surface area contributed by atoms with Crippen molar-refractivity contribution in [2.75, 3.05) is 6.54 Å². The molecule has 0 bridgehead atoms. The average molecular weight is 442 g/mol. The van der Waals surface area contributed by atoms with Gasteiger partial charge in [-0.3, -0.25) is 4.79 Å². The number of fused-ring (bicyclic) bond motifs is 1. The van der Waals surface area contributed by atoms with E-state index in [1.54, 1.807) is 24.3 Å². The quantitative estimate of drug-likeness (QED) is 0.558. The highest BCUT2D eigenvalue weighted by molar-refractivity contribution is 6.33. The summed E-state index contributed by atoms with van der Waals surface area (Å²) >= 11 is 6.41. The molecule has 7 nitrogen and oxygen atoms in total. The number of amides is 2. The number of hydrogen-bond donors (Lipinski definition) is 3. The van der Waals surface area contributed by atoms with Gasteiger partial charge in [0.25, 0.3) is 0 Å². The maximum atomic E-state index is 14.9. The minimum absolute atomic E-state index is 0.0313. The second-order valence-electron chi connectivity index (χ2n) is 7.09. The van der Waals surface area contributed by atoms with E-state index in [2.05, 4.69) is 10.3 Å². The van der Waals surface area contributed by atoms with Gasteiger partial charge in [0, 0.05) is 28.7 Å². The molecule has 158 valence electrons. The first kappa shape index (κ1) is 20.6. The number of aromatic nitrogens is 1. The molecule has 4 rings (SSSR count). The van der Waals surface area contributed by atoms with E-state index in [9.17, 15) is 14.0 Å². The summed E-state index contributed by atoms with van der Waals surface area (Å²) in [5.41, 5.74) is 5.66. The highest BCUT2D eigenvalue weighted by Gasteiger charge is 2.44. The lowest BCUT2D eigenvalue weighted by Gasteiger charge is -2.28. The van der Waals surface area contributed by atoms with Crippen LogP contribution in [0.15, 0.2) is 54.7 Å². The van der Waals surface area contributed by atoms with Crippen molar-refractivity contribution in [1.82, 2.24) is 10.3 Å². The normalized spacial score (nSPS) is 17.0. The molecule has 0 saturated carbocycles. The third kappa shape index (κ3) is 3.66. The van der Waals surface area contributed by atoms with Gasteiger partial charge in [0.15, 0.2) is 5.60 Å². The number of rotatable bonds is 5. The highest BCUT2D eigenvalue weighted by atomic mass is 35.5. The van der Waals surface area contributed by atoms with Crippen LogP contribution < -0.4 is 15.8 Å². The molecule has 3 aromatic rings. The van der Waals surface area contributed by atoms with E-state index < -0.39 is 23.4 Å². The fourth-order valence-corrected chi connectivity index (χ4v) is 4.10. The standard InChI is InChI=1S/C22H17ClFN3O4/c23-15-10-26-20-14(17(15)18-13(19(25)28)7-4-8-16(18)24)9-22(31-20,11-27-21(29)30)12-5-2-1-3-6-12/h1-8,10,27H,9,11H2,(H2,25,28)(H,29,30)/t22-/m1/s1. The molecule has 1 aromatic heterocycles. The van der Waals surface area contributed by atoms with Gasteiger partial charge in [-0.05, 0) is 17.7 Å². The van der Waals surface area contributed by atoms with Crippen molar-refractivity contribution in [3.8, 4) is 17.0 Å². The first-order chi connectivity index (χ1) is 14.8. The zero-order valence-electron chi connectivity index (χ0n) is 16.1. The summed E-state index contributed by atoms with van der Waals surface area (Å²) in [6, 6.07) is 13.0. The average Bonchev–Trinajstić information content (AvgIpc) is 3.13. The number of ether oxygens (including phenoxy) is 1. The number of nitrogens with one attached hydrogen (secondary N) is 1. The molecule has 4 N–H and O–H groups in total. The summed E-state index contributed by atoms with van der Waals surface area (Å²) < 4.78 is 21.1. The Labute approximate surface area is 181 Å². The summed E-state index contributed by atoms with van der Waals surface area (Å²) in [6.45, 7) is -0.0836. The molecule has 9 heteroatoms. The number of primary amides is 1. The van der Waals surface area contributed by atoms with Crippen molar-refractivity contribution >= 4 is 23.6 Å². The van der Waals surface area contributed by atoms with Crippen LogP contribution in [0, 0.1) is 5.82 Å². The highest BCUT2D eigenvalue weighted by Crippen LogP contribution is 2.47. The first-order valence-electron chi connectivity index (χ1n) is 9.30. The number of carboxylic acid groups (broad SMARTS) is 1. The Bertz CT molecular complexity index is 1190. The Morgan fingerprint density at radius 2 is 1.94 bits per heavy atom. The van der Waals surface area contributed by atoms with Gasteiger partial charge in [-0.25, -0.2) is 14.2 Å². The summed E-state index contributed by atoms with van der Waals surface area (Å²) in [5, 5.41) is 11.6. The van der Waals surface area contributed by atoms with E-state index in [0.29, 0.717) is 11.1 Å². The Kier molecular flexibility index (Phi) is 5.24. The number of benzene rings is 2. The molecule has 0 unspecified atom stereocenters. The molecule has 2 heterocycles. The van der Waals surface area contributed by atoms with Gasteiger partial charge < -0.3 is 20.9 Å². The van der Waals surface area contributed by atoms with Crippen LogP contribution in [0.2, 0.25) is 5.02 Å². The van der Waals surface area contributed by atoms with Crippen LogP contribution in [0.1, 0.15) is 21.5 Å². The topological polar surface area (TPSA) is 115 Å². The van der Waals surface area contributed by atoms with Crippen molar-refractivity contribution < 1.29 is 23.8 Å². The van der Waals surface area contributed by atoms with E-state index in [-0.39, 0.29) is 40.6 Å². The second-order valence-corrected chi connectivity index (χ2v) is 7.50. The van der Waals surface area contributed by atoms with Crippen LogP contribution >= 0.6 is 11.6 Å². The predicted molar refractivity (Wildman–Crippen MR) is 112 cm³/mol. The first-order valence-corrected chi connectivity index (χ1v) is 9.67. The molecule has 1 aliphatic rings. The molecule has 2 aromatic carbocycles. The fourth-order valence-electron chi connectivity index (χ4n) is 3.84. The number of pyridine rings is 1. The van der Waals surface area contributed by atoms with Gasteiger partial charge >= 0.3 is 6.09 Å². The second kappa shape index (κ2) is 7.88. The van der Waals surface area contributed by atoms with E-state index in [1.807, 2.05) is 6.07 Å². The van der Waals surface area contributed by atoms with Crippen LogP contribution in [0.4, 0.5) is 9.18 Å². The van der Waals surface area contributed by atoms with Gasteiger partial charge in [0.1, 0.15) is 5.82 Å². The van der Waals surface area contributed by atoms with Crippen molar-refractivity contribution in [1.29, 1.82) is 0 Å². The number of hydrogen-bond acceptors (Lipinski definition) is 4. The lowest BCUT2D eigenvalue weighted by molar-refractivity contribution is 0.0855. The third-order valence-electron chi connectivity index (χ3n) is 5.20. The lowest BCUT2D eigenvalue weighted by atomic mass is 9.86. The van der Waals surface area contributed by atoms with Gasteiger partial charge in [-0.2, -0.15) is 0 Å². The van der Waals surface area contributed by atoms with Gasteiger partial charge in [0.05, 0.1) is 17.8 Å². The Balaban J connectivity index is 1.90.